The van der Waals surface area contributed by atoms with Crippen molar-refractivity contribution in [1.29, 1.82) is 0 Å². The van der Waals surface area contributed by atoms with E-state index in [1.807, 2.05) is 6.07 Å². The first kappa shape index (κ1) is 13.5. The lowest BCUT2D eigenvalue weighted by Crippen LogP contribution is -2.11. The fourth-order valence-corrected chi connectivity index (χ4v) is 2.26. The quantitative estimate of drug-likeness (QED) is 0.844. The van der Waals surface area contributed by atoms with Crippen LogP contribution in [0.5, 0.6) is 5.75 Å². The molecule has 0 amide bonds. The highest BCUT2D eigenvalue weighted by molar-refractivity contribution is 9.10. The Bertz CT molecular complexity index is 353. The number of rotatable bonds is 5. The van der Waals surface area contributed by atoms with Gasteiger partial charge in [-0.05, 0) is 39.0 Å². The van der Waals surface area contributed by atoms with Gasteiger partial charge in [-0.3, -0.25) is 0 Å². The molecule has 0 spiro atoms. The highest BCUT2D eigenvalue weighted by atomic mass is 79.9. The molecule has 0 aliphatic carbocycles. The van der Waals surface area contributed by atoms with Crippen molar-refractivity contribution in [1.82, 2.24) is 5.48 Å². The Labute approximate surface area is 105 Å². The van der Waals surface area contributed by atoms with Crippen LogP contribution >= 0.6 is 15.9 Å². The summed E-state index contributed by atoms with van der Waals surface area (Å²) in [5, 5.41) is 0. The molecule has 0 fully saturated rings. The first-order valence-corrected chi connectivity index (χ1v) is 6.01. The molecule has 0 aromatic heterocycles. The molecular formula is C12H18BrNO2. The second-order valence-corrected chi connectivity index (χ2v) is 4.73. The van der Waals surface area contributed by atoms with E-state index in [9.17, 15) is 0 Å². The number of methoxy groups -OCH3 is 1. The molecule has 0 aliphatic heterocycles. The van der Waals surface area contributed by atoms with Crippen LogP contribution in [0.4, 0.5) is 0 Å². The third kappa shape index (κ3) is 3.20. The Kier molecular flexibility index (Phi) is 5.25. The smallest absolute Gasteiger partial charge is 0.136 e. The zero-order valence-corrected chi connectivity index (χ0v) is 11.7. The van der Waals surface area contributed by atoms with E-state index in [-0.39, 0.29) is 0 Å². The van der Waals surface area contributed by atoms with E-state index in [0.29, 0.717) is 12.5 Å². The maximum atomic E-state index is 5.40. The average molecular weight is 288 g/mol. The number of halogens is 1. The van der Waals surface area contributed by atoms with Crippen molar-refractivity contribution in [2.45, 2.75) is 26.3 Å². The van der Waals surface area contributed by atoms with Gasteiger partial charge in [0, 0.05) is 6.54 Å². The Morgan fingerprint density at radius 2 is 2.00 bits per heavy atom. The van der Waals surface area contributed by atoms with Gasteiger partial charge in [0.25, 0.3) is 0 Å². The number of hydroxylamine groups is 1. The van der Waals surface area contributed by atoms with Crippen LogP contribution in [0.1, 0.15) is 30.9 Å². The maximum absolute atomic E-state index is 5.40. The van der Waals surface area contributed by atoms with E-state index < -0.39 is 0 Å². The van der Waals surface area contributed by atoms with Crippen LogP contribution in [0, 0.1) is 0 Å². The zero-order chi connectivity index (χ0) is 12.1. The second-order valence-electron chi connectivity index (χ2n) is 3.88. The number of hydrogen-bond acceptors (Lipinski definition) is 3. The van der Waals surface area contributed by atoms with Crippen molar-refractivity contribution in [3.63, 3.8) is 0 Å². The SMILES string of the molecule is CONCc1cc(Br)c(OC)c(C(C)C)c1. The van der Waals surface area contributed by atoms with Gasteiger partial charge in [-0.2, -0.15) is 5.48 Å². The number of benzene rings is 1. The lowest BCUT2D eigenvalue weighted by molar-refractivity contribution is 0.0867. The molecule has 1 aromatic rings. The number of nitrogens with one attached hydrogen (secondary N) is 1. The molecule has 4 heteroatoms. The molecule has 0 heterocycles. The Morgan fingerprint density at radius 3 is 2.50 bits per heavy atom. The summed E-state index contributed by atoms with van der Waals surface area (Å²) in [6.45, 7) is 4.98. The van der Waals surface area contributed by atoms with Crippen LogP contribution in [-0.2, 0) is 11.4 Å². The predicted octanol–water partition coefficient (Wildman–Crippen LogP) is 3.23. The monoisotopic (exact) mass is 287 g/mol. The molecule has 1 aromatic carbocycles. The van der Waals surface area contributed by atoms with Crippen molar-refractivity contribution in [3.8, 4) is 5.75 Å². The first-order valence-electron chi connectivity index (χ1n) is 5.22. The predicted molar refractivity (Wildman–Crippen MR) is 68.6 cm³/mol. The summed E-state index contributed by atoms with van der Waals surface area (Å²) in [6.07, 6.45) is 0. The maximum Gasteiger partial charge on any atom is 0.136 e. The van der Waals surface area contributed by atoms with Crippen molar-refractivity contribution in [2.75, 3.05) is 14.2 Å². The molecule has 0 bridgehead atoms. The van der Waals surface area contributed by atoms with Gasteiger partial charge in [0.05, 0.1) is 18.7 Å². The minimum Gasteiger partial charge on any atom is -0.495 e. The van der Waals surface area contributed by atoms with Crippen molar-refractivity contribution >= 4 is 15.9 Å². The average Bonchev–Trinajstić information content (AvgIpc) is 2.25. The first-order chi connectivity index (χ1) is 7.60. The minimum absolute atomic E-state index is 0.425. The summed E-state index contributed by atoms with van der Waals surface area (Å²) in [5.41, 5.74) is 5.20. The van der Waals surface area contributed by atoms with Gasteiger partial charge in [-0.1, -0.05) is 19.9 Å². The van der Waals surface area contributed by atoms with Gasteiger partial charge in [0.15, 0.2) is 0 Å². The van der Waals surface area contributed by atoms with E-state index in [4.69, 9.17) is 9.57 Å². The molecule has 16 heavy (non-hydrogen) atoms. The molecule has 1 rings (SSSR count). The molecule has 0 atom stereocenters. The summed E-state index contributed by atoms with van der Waals surface area (Å²) in [6, 6.07) is 4.18. The van der Waals surface area contributed by atoms with E-state index >= 15 is 0 Å². The van der Waals surface area contributed by atoms with Crippen molar-refractivity contribution in [3.05, 3.63) is 27.7 Å². The Morgan fingerprint density at radius 1 is 1.31 bits per heavy atom. The highest BCUT2D eigenvalue weighted by Crippen LogP contribution is 2.34. The van der Waals surface area contributed by atoms with Crippen LogP contribution in [-0.4, -0.2) is 14.2 Å². The lowest BCUT2D eigenvalue weighted by atomic mass is 9.99. The topological polar surface area (TPSA) is 30.5 Å². The molecule has 0 saturated heterocycles. The molecular weight excluding hydrogens is 270 g/mol. The summed E-state index contributed by atoms with van der Waals surface area (Å²) in [7, 11) is 3.31. The molecule has 0 radical (unpaired) electrons. The Balaban J connectivity index is 3.07. The fourth-order valence-electron chi connectivity index (χ4n) is 1.57. The molecule has 1 N–H and O–H groups in total. The molecule has 90 valence electrons. The second kappa shape index (κ2) is 6.23. The summed E-state index contributed by atoms with van der Waals surface area (Å²) >= 11 is 3.52. The van der Waals surface area contributed by atoms with E-state index in [2.05, 4.69) is 41.3 Å². The van der Waals surface area contributed by atoms with Gasteiger partial charge in [0.2, 0.25) is 0 Å². The van der Waals surface area contributed by atoms with Crippen LogP contribution in [0.2, 0.25) is 0 Å². The highest BCUT2D eigenvalue weighted by Gasteiger charge is 2.12. The van der Waals surface area contributed by atoms with Crippen LogP contribution in [0.15, 0.2) is 16.6 Å². The van der Waals surface area contributed by atoms with Crippen molar-refractivity contribution < 1.29 is 9.57 Å². The van der Waals surface area contributed by atoms with Crippen molar-refractivity contribution in [2.24, 2.45) is 0 Å². The Hall–Kier alpha value is -0.580. The van der Waals surface area contributed by atoms with Gasteiger partial charge in [0.1, 0.15) is 5.75 Å². The normalized spacial score (nSPS) is 10.9. The molecule has 0 unspecified atom stereocenters. The van der Waals surface area contributed by atoms with E-state index in [1.165, 1.54) is 11.1 Å². The van der Waals surface area contributed by atoms with Gasteiger partial charge >= 0.3 is 0 Å². The van der Waals surface area contributed by atoms with E-state index in [0.717, 1.165) is 10.2 Å². The third-order valence-electron chi connectivity index (χ3n) is 2.38. The van der Waals surface area contributed by atoms with Crippen LogP contribution in [0.3, 0.4) is 0 Å². The molecule has 0 saturated carbocycles. The van der Waals surface area contributed by atoms with E-state index in [1.54, 1.807) is 14.2 Å². The van der Waals surface area contributed by atoms with Gasteiger partial charge < -0.3 is 9.57 Å². The van der Waals surface area contributed by atoms with Crippen LogP contribution < -0.4 is 10.2 Å². The fraction of sp³-hybridized carbons (Fsp3) is 0.500. The third-order valence-corrected chi connectivity index (χ3v) is 2.97. The van der Waals surface area contributed by atoms with Gasteiger partial charge in [-0.15, -0.1) is 0 Å². The number of hydrogen-bond donors (Lipinski definition) is 1. The summed E-state index contributed by atoms with van der Waals surface area (Å²) in [4.78, 5) is 4.85. The number of ether oxygens (including phenoxy) is 1. The molecule has 0 aliphatic rings. The lowest BCUT2D eigenvalue weighted by Gasteiger charge is -2.15. The summed E-state index contributed by atoms with van der Waals surface area (Å²) in [5.74, 6) is 1.34. The summed E-state index contributed by atoms with van der Waals surface area (Å²) < 4.78 is 6.38. The standard InChI is InChI=1S/C12H18BrNO2/c1-8(2)10-5-9(7-14-16-4)6-11(13)12(10)15-3/h5-6,8,14H,7H2,1-4H3. The largest absolute Gasteiger partial charge is 0.495 e. The molecule has 3 nitrogen and oxygen atoms in total. The minimum atomic E-state index is 0.425. The zero-order valence-electron chi connectivity index (χ0n) is 10.1. The van der Waals surface area contributed by atoms with Crippen LogP contribution in [0.25, 0.3) is 0 Å². The van der Waals surface area contributed by atoms with Gasteiger partial charge in [-0.25, -0.2) is 0 Å².